The van der Waals surface area contributed by atoms with E-state index in [-0.39, 0.29) is 17.7 Å². The summed E-state index contributed by atoms with van der Waals surface area (Å²) >= 11 is 0. The lowest BCUT2D eigenvalue weighted by molar-refractivity contribution is -0.120. The van der Waals surface area contributed by atoms with Crippen LogP contribution in [0.1, 0.15) is 39.6 Å². The summed E-state index contributed by atoms with van der Waals surface area (Å²) < 4.78 is 0. The molecule has 6 nitrogen and oxygen atoms in total. The Bertz CT molecular complexity index is 1080. The molecule has 2 N–H and O–H groups in total. The van der Waals surface area contributed by atoms with Crippen LogP contribution in [0.15, 0.2) is 60.7 Å². The molecule has 1 aliphatic carbocycles. The van der Waals surface area contributed by atoms with Gasteiger partial charge in [0.05, 0.1) is 0 Å². The Hall–Kier alpha value is -3.41. The SMILES string of the molecule is CN1C(=O)[C@@H](NC(=O)c2cc(Cc3ccccc3)[nH]n2)C2CC2c2ccccc21. The Kier molecular flexibility index (Phi) is 4.19. The van der Waals surface area contributed by atoms with Crippen LogP contribution >= 0.6 is 0 Å². The van der Waals surface area contributed by atoms with Crippen molar-refractivity contribution in [2.24, 2.45) is 5.92 Å². The number of hydrogen-bond donors (Lipinski definition) is 2. The molecule has 1 fully saturated rings. The van der Waals surface area contributed by atoms with Crippen LogP contribution in [-0.4, -0.2) is 35.1 Å². The summed E-state index contributed by atoms with van der Waals surface area (Å²) in [4.78, 5) is 27.5. The van der Waals surface area contributed by atoms with Gasteiger partial charge in [-0.25, -0.2) is 0 Å². The molecule has 29 heavy (non-hydrogen) atoms. The Morgan fingerprint density at radius 1 is 1.17 bits per heavy atom. The summed E-state index contributed by atoms with van der Waals surface area (Å²) in [5, 5.41) is 10.0. The number of likely N-dealkylation sites (N-methyl/N-ethyl adjacent to an activating group) is 1. The first-order valence-electron chi connectivity index (χ1n) is 9.87. The van der Waals surface area contributed by atoms with Gasteiger partial charge in [0.25, 0.3) is 5.91 Å². The van der Waals surface area contributed by atoms with Crippen molar-refractivity contribution < 1.29 is 9.59 Å². The van der Waals surface area contributed by atoms with E-state index < -0.39 is 6.04 Å². The van der Waals surface area contributed by atoms with Gasteiger partial charge in [-0.2, -0.15) is 5.10 Å². The number of aromatic nitrogens is 2. The van der Waals surface area contributed by atoms with E-state index in [0.717, 1.165) is 23.4 Å². The molecule has 146 valence electrons. The number of carbonyl (C=O) groups is 2. The fraction of sp³-hybridized carbons (Fsp3) is 0.261. The van der Waals surface area contributed by atoms with Crippen molar-refractivity contribution in [3.05, 3.63) is 83.2 Å². The number of carbonyl (C=O) groups excluding carboxylic acids is 2. The zero-order chi connectivity index (χ0) is 20.0. The predicted molar refractivity (Wildman–Crippen MR) is 110 cm³/mol. The number of amides is 2. The fourth-order valence-corrected chi connectivity index (χ4v) is 4.33. The molecule has 1 aliphatic heterocycles. The van der Waals surface area contributed by atoms with Crippen LogP contribution in [0.3, 0.4) is 0 Å². The van der Waals surface area contributed by atoms with E-state index in [9.17, 15) is 9.59 Å². The fourth-order valence-electron chi connectivity index (χ4n) is 4.33. The standard InChI is InChI=1S/C23H22N4O2/c1-27-20-10-6-5-9-16(20)17-13-18(17)21(23(27)29)24-22(28)19-12-15(25-26-19)11-14-7-3-2-4-8-14/h2-10,12,17-18,21H,11,13H2,1H3,(H,24,28)(H,25,26)/t17?,18?,21-/m0/s1. The van der Waals surface area contributed by atoms with Crippen LogP contribution in [0.4, 0.5) is 5.69 Å². The number of anilines is 1. The molecule has 2 unspecified atom stereocenters. The van der Waals surface area contributed by atoms with Crippen LogP contribution < -0.4 is 10.2 Å². The van der Waals surface area contributed by atoms with Gasteiger partial charge in [0, 0.05) is 24.8 Å². The summed E-state index contributed by atoms with van der Waals surface area (Å²) in [7, 11) is 1.78. The lowest BCUT2D eigenvalue weighted by Gasteiger charge is -2.23. The molecule has 0 spiro atoms. The highest BCUT2D eigenvalue weighted by atomic mass is 16.2. The van der Waals surface area contributed by atoms with E-state index in [1.54, 1.807) is 18.0 Å². The minimum absolute atomic E-state index is 0.0733. The smallest absolute Gasteiger partial charge is 0.272 e. The second kappa shape index (κ2) is 6.88. The van der Waals surface area contributed by atoms with Gasteiger partial charge >= 0.3 is 0 Å². The van der Waals surface area contributed by atoms with Crippen molar-refractivity contribution >= 4 is 17.5 Å². The van der Waals surface area contributed by atoms with Crippen LogP contribution in [-0.2, 0) is 11.2 Å². The number of benzene rings is 2. The van der Waals surface area contributed by atoms with Crippen molar-refractivity contribution in [1.82, 2.24) is 15.5 Å². The molecule has 2 amide bonds. The molecule has 2 heterocycles. The Labute approximate surface area is 168 Å². The molecule has 1 saturated carbocycles. The van der Waals surface area contributed by atoms with Gasteiger partial charge in [0.1, 0.15) is 11.7 Å². The third-order valence-corrected chi connectivity index (χ3v) is 5.95. The molecule has 2 aliphatic rings. The molecule has 1 aromatic heterocycles. The minimum Gasteiger partial charge on any atom is -0.339 e. The highest BCUT2D eigenvalue weighted by Crippen LogP contribution is 2.54. The number of H-pyrrole nitrogens is 1. The van der Waals surface area contributed by atoms with Gasteiger partial charge < -0.3 is 10.2 Å². The summed E-state index contributed by atoms with van der Waals surface area (Å²) in [6.45, 7) is 0. The molecule has 0 radical (unpaired) electrons. The molecular weight excluding hydrogens is 364 g/mol. The number of nitrogens with one attached hydrogen (secondary N) is 2. The van der Waals surface area contributed by atoms with Crippen molar-refractivity contribution in [1.29, 1.82) is 0 Å². The number of hydrogen-bond acceptors (Lipinski definition) is 3. The highest BCUT2D eigenvalue weighted by molar-refractivity contribution is 6.03. The Morgan fingerprint density at radius 2 is 1.93 bits per heavy atom. The summed E-state index contributed by atoms with van der Waals surface area (Å²) in [5.74, 6) is 0.0678. The number of aromatic amines is 1. The Morgan fingerprint density at radius 3 is 2.76 bits per heavy atom. The van der Waals surface area contributed by atoms with Gasteiger partial charge in [-0.05, 0) is 41.5 Å². The van der Waals surface area contributed by atoms with Crippen LogP contribution in [0.25, 0.3) is 0 Å². The quantitative estimate of drug-likeness (QED) is 0.724. The number of rotatable bonds is 4. The van der Waals surface area contributed by atoms with Crippen molar-refractivity contribution in [3.63, 3.8) is 0 Å². The van der Waals surface area contributed by atoms with E-state index in [1.165, 1.54) is 5.56 Å². The van der Waals surface area contributed by atoms with Gasteiger partial charge in [-0.3, -0.25) is 14.7 Å². The highest BCUT2D eigenvalue weighted by Gasteiger charge is 2.51. The van der Waals surface area contributed by atoms with E-state index in [1.807, 2.05) is 48.5 Å². The zero-order valence-electron chi connectivity index (χ0n) is 16.1. The second-order valence-electron chi connectivity index (χ2n) is 7.85. The third-order valence-electron chi connectivity index (χ3n) is 5.95. The Balaban J connectivity index is 1.32. The lowest BCUT2D eigenvalue weighted by atomic mass is 10.1. The molecule has 3 aromatic rings. The monoisotopic (exact) mass is 386 g/mol. The predicted octanol–water partition coefficient (Wildman–Crippen LogP) is 2.88. The maximum absolute atomic E-state index is 13.0. The average molecular weight is 386 g/mol. The number of para-hydroxylation sites is 1. The third kappa shape index (κ3) is 3.20. The molecule has 3 atom stereocenters. The molecule has 5 rings (SSSR count). The first kappa shape index (κ1) is 17.7. The van der Waals surface area contributed by atoms with E-state index in [0.29, 0.717) is 18.0 Å². The van der Waals surface area contributed by atoms with E-state index in [2.05, 4.69) is 21.6 Å². The van der Waals surface area contributed by atoms with E-state index >= 15 is 0 Å². The molecule has 2 aromatic carbocycles. The minimum atomic E-state index is -0.529. The van der Waals surface area contributed by atoms with Gasteiger partial charge in [0.2, 0.25) is 5.91 Å². The molecule has 0 saturated heterocycles. The first-order chi connectivity index (χ1) is 14.1. The lowest BCUT2D eigenvalue weighted by Crippen LogP contribution is -2.48. The van der Waals surface area contributed by atoms with Crippen LogP contribution in [0.2, 0.25) is 0 Å². The van der Waals surface area contributed by atoms with Crippen LogP contribution in [0, 0.1) is 5.92 Å². The summed E-state index contributed by atoms with van der Waals surface area (Å²) in [6.07, 6.45) is 1.59. The number of nitrogens with zero attached hydrogens (tertiary/aromatic N) is 2. The van der Waals surface area contributed by atoms with Crippen LogP contribution in [0.5, 0.6) is 0 Å². The first-order valence-corrected chi connectivity index (χ1v) is 9.87. The number of fused-ring (bicyclic) bond motifs is 3. The largest absolute Gasteiger partial charge is 0.339 e. The zero-order valence-corrected chi connectivity index (χ0v) is 16.1. The summed E-state index contributed by atoms with van der Waals surface area (Å²) in [5.41, 5.74) is 4.44. The van der Waals surface area contributed by atoms with Gasteiger partial charge in [-0.15, -0.1) is 0 Å². The normalized spacial score (nSPS) is 22.4. The molecule has 6 heteroatoms. The maximum atomic E-state index is 13.0. The van der Waals surface area contributed by atoms with E-state index in [4.69, 9.17) is 0 Å². The molecule has 0 bridgehead atoms. The van der Waals surface area contributed by atoms with Gasteiger partial charge in [-0.1, -0.05) is 48.5 Å². The van der Waals surface area contributed by atoms with Crippen molar-refractivity contribution in [2.75, 3.05) is 11.9 Å². The van der Waals surface area contributed by atoms with Crippen molar-refractivity contribution in [2.45, 2.75) is 24.8 Å². The second-order valence-corrected chi connectivity index (χ2v) is 7.85. The average Bonchev–Trinajstić information content (AvgIpc) is 3.41. The van der Waals surface area contributed by atoms with Gasteiger partial charge in [0.15, 0.2) is 0 Å². The maximum Gasteiger partial charge on any atom is 0.272 e. The van der Waals surface area contributed by atoms with Crippen molar-refractivity contribution in [3.8, 4) is 0 Å². The summed E-state index contributed by atoms with van der Waals surface area (Å²) in [6, 6.07) is 19.2. The topological polar surface area (TPSA) is 78.1 Å². The molecular formula is C23H22N4O2.